The van der Waals surface area contributed by atoms with Crippen LogP contribution in [0.25, 0.3) is 0 Å². The molecule has 3 unspecified atom stereocenters. The van der Waals surface area contributed by atoms with Crippen LogP contribution in [0, 0.1) is 11.8 Å². The summed E-state index contributed by atoms with van der Waals surface area (Å²) < 4.78 is 0. The van der Waals surface area contributed by atoms with Crippen molar-refractivity contribution in [2.45, 2.75) is 71.1 Å². The van der Waals surface area contributed by atoms with E-state index in [0.717, 1.165) is 31.6 Å². The average molecular weight is 286 g/mol. The van der Waals surface area contributed by atoms with E-state index in [0.29, 0.717) is 17.6 Å². The molecule has 1 aliphatic carbocycles. The van der Waals surface area contributed by atoms with Crippen molar-refractivity contribution in [2.24, 2.45) is 11.8 Å². The average Bonchev–Trinajstić information content (AvgIpc) is 2.54. The summed E-state index contributed by atoms with van der Waals surface area (Å²) in [5, 5.41) is 0. The van der Waals surface area contributed by atoms with Crippen molar-refractivity contribution in [3.05, 3.63) is 35.9 Å². The van der Waals surface area contributed by atoms with Gasteiger partial charge in [0, 0.05) is 12.3 Å². The maximum atomic E-state index is 12.3. The molecule has 3 atom stereocenters. The molecule has 0 aliphatic heterocycles. The minimum atomic E-state index is 0.311. The number of Topliss-reactive ketones (excluding diaryl/α,β-unsaturated/α-hetero) is 1. The van der Waals surface area contributed by atoms with Gasteiger partial charge in [0.2, 0.25) is 0 Å². The SMILES string of the molecule is CCCCC(CC)CC1CC(c2ccccc2)CCC1=O. The molecule has 1 aromatic rings. The Morgan fingerprint density at radius 2 is 1.95 bits per heavy atom. The first-order valence-corrected chi connectivity index (χ1v) is 8.82. The third-order valence-corrected chi connectivity index (χ3v) is 5.20. The maximum Gasteiger partial charge on any atom is 0.136 e. The van der Waals surface area contributed by atoms with Crippen LogP contribution in [0.1, 0.15) is 76.7 Å². The van der Waals surface area contributed by atoms with Crippen molar-refractivity contribution in [1.82, 2.24) is 0 Å². The minimum Gasteiger partial charge on any atom is -0.299 e. The van der Waals surface area contributed by atoms with Crippen molar-refractivity contribution in [2.75, 3.05) is 0 Å². The van der Waals surface area contributed by atoms with E-state index in [-0.39, 0.29) is 0 Å². The molecular formula is C20H30O. The molecule has 0 bridgehead atoms. The van der Waals surface area contributed by atoms with Gasteiger partial charge in [-0.25, -0.2) is 0 Å². The number of hydrogen-bond acceptors (Lipinski definition) is 1. The van der Waals surface area contributed by atoms with Gasteiger partial charge in [-0.2, -0.15) is 0 Å². The first-order chi connectivity index (χ1) is 10.2. The van der Waals surface area contributed by atoms with E-state index < -0.39 is 0 Å². The molecule has 1 fully saturated rings. The second-order valence-corrected chi connectivity index (χ2v) is 6.70. The summed E-state index contributed by atoms with van der Waals surface area (Å²) in [5.74, 6) is 2.17. The lowest BCUT2D eigenvalue weighted by atomic mass is 9.73. The van der Waals surface area contributed by atoms with Gasteiger partial charge < -0.3 is 0 Å². The molecule has 1 heteroatoms. The monoisotopic (exact) mass is 286 g/mol. The van der Waals surface area contributed by atoms with Crippen LogP contribution in [-0.4, -0.2) is 5.78 Å². The topological polar surface area (TPSA) is 17.1 Å². The third kappa shape index (κ3) is 4.69. The molecule has 1 aliphatic rings. The highest BCUT2D eigenvalue weighted by Gasteiger charge is 2.30. The molecule has 0 aromatic heterocycles. The Bertz CT molecular complexity index is 423. The molecule has 0 spiro atoms. The van der Waals surface area contributed by atoms with Gasteiger partial charge in [-0.15, -0.1) is 0 Å². The molecule has 0 saturated heterocycles. The zero-order valence-corrected chi connectivity index (χ0v) is 13.7. The number of carbonyl (C=O) groups is 1. The Hall–Kier alpha value is -1.11. The highest BCUT2D eigenvalue weighted by Crippen LogP contribution is 2.38. The van der Waals surface area contributed by atoms with Gasteiger partial charge >= 0.3 is 0 Å². The van der Waals surface area contributed by atoms with Gasteiger partial charge in [-0.1, -0.05) is 69.9 Å². The summed E-state index contributed by atoms with van der Waals surface area (Å²) in [6.45, 7) is 4.53. The van der Waals surface area contributed by atoms with Crippen LogP contribution in [0.4, 0.5) is 0 Å². The molecule has 21 heavy (non-hydrogen) atoms. The fourth-order valence-electron chi connectivity index (χ4n) is 3.75. The Kier molecular flexibility index (Phi) is 6.48. The second-order valence-electron chi connectivity index (χ2n) is 6.70. The van der Waals surface area contributed by atoms with E-state index in [9.17, 15) is 4.79 Å². The van der Waals surface area contributed by atoms with E-state index in [2.05, 4.69) is 44.2 Å². The summed E-state index contributed by atoms with van der Waals surface area (Å²) in [6, 6.07) is 10.8. The first-order valence-electron chi connectivity index (χ1n) is 8.82. The van der Waals surface area contributed by atoms with Crippen LogP contribution < -0.4 is 0 Å². The van der Waals surface area contributed by atoms with Crippen LogP contribution in [0.5, 0.6) is 0 Å². The summed E-state index contributed by atoms with van der Waals surface area (Å²) in [5.41, 5.74) is 1.43. The molecule has 1 aromatic carbocycles. The summed E-state index contributed by atoms with van der Waals surface area (Å²) in [4.78, 5) is 12.3. The lowest BCUT2D eigenvalue weighted by Crippen LogP contribution is -2.26. The number of hydrogen-bond donors (Lipinski definition) is 0. The molecule has 0 heterocycles. The number of rotatable bonds is 7. The van der Waals surface area contributed by atoms with Gasteiger partial charge in [0.25, 0.3) is 0 Å². The third-order valence-electron chi connectivity index (χ3n) is 5.20. The predicted octanol–water partition coefficient (Wildman–Crippen LogP) is 5.75. The number of carbonyl (C=O) groups excluding carboxylic acids is 1. The van der Waals surface area contributed by atoms with Gasteiger partial charge in [0.05, 0.1) is 0 Å². The molecule has 1 nitrogen and oxygen atoms in total. The van der Waals surface area contributed by atoms with Gasteiger partial charge in [0.1, 0.15) is 5.78 Å². The van der Waals surface area contributed by atoms with Crippen LogP contribution in [-0.2, 0) is 4.79 Å². The Labute approximate surface area is 130 Å². The number of benzene rings is 1. The van der Waals surface area contributed by atoms with E-state index in [1.807, 2.05) is 0 Å². The standard InChI is InChI=1S/C20H30O/c1-3-5-9-16(4-2)14-19-15-18(12-13-20(19)21)17-10-7-6-8-11-17/h6-8,10-11,16,18-19H,3-5,9,12-15H2,1-2H3. The van der Waals surface area contributed by atoms with Crippen LogP contribution in [0.3, 0.4) is 0 Å². The fourth-order valence-corrected chi connectivity index (χ4v) is 3.75. The normalized spacial score (nSPS) is 24.0. The van der Waals surface area contributed by atoms with Gasteiger partial charge in [0.15, 0.2) is 0 Å². The Morgan fingerprint density at radius 3 is 2.62 bits per heavy atom. The van der Waals surface area contributed by atoms with E-state index in [1.165, 1.54) is 31.2 Å². The number of ketones is 1. The van der Waals surface area contributed by atoms with E-state index in [1.54, 1.807) is 0 Å². The summed E-state index contributed by atoms with van der Waals surface area (Å²) >= 11 is 0. The van der Waals surface area contributed by atoms with Gasteiger partial charge in [-0.05, 0) is 36.7 Å². The molecule has 2 rings (SSSR count). The minimum absolute atomic E-state index is 0.311. The molecule has 1 saturated carbocycles. The van der Waals surface area contributed by atoms with E-state index >= 15 is 0 Å². The van der Waals surface area contributed by atoms with Crippen molar-refractivity contribution in [1.29, 1.82) is 0 Å². The lowest BCUT2D eigenvalue weighted by Gasteiger charge is -2.30. The van der Waals surface area contributed by atoms with Gasteiger partial charge in [-0.3, -0.25) is 4.79 Å². The number of unbranched alkanes of at least 4 members (excludes halogenated alkanes) is 1. The Morgan fingerprint density at radius 1 is 1.19 bits per heavy atom. The van der Waals surface area contributed by atoms with E-state index in [4.69, 9.17) is 0 Å². The predicted molar refractivity (Wildman–Crippen MR) is 89.5 cm³/mol. The summed E-state index contributed by atoms with van der Waals surface area (Å²) in [7, 11) is 0. The largest absolute Gasteiger partial charge is 0.299 e. The smallest absolute Gasteiger partial charge is 0.136 e. The zero-order valence-electron chi connectivity index (χ0n) is 13.7. The van der Waals surface area contributed by atoms with Crippen molar-refractivity contribution < 1.29 is 4.79 Å². The summed E-state index contributed by atoms with van der Waals surface area (Å²) in [6.07, 6.45) is 9.12. The molecule has 0 amide bonds. The first kappa shape index (κ1) is 16.3. The fraction of sp³-hybridized carbons (Fsp3) is 0.650. The quantitative estimate of drug-likeness (QED) is 0.624. The van der Waals surface area contributed by atoms with Crippen molar-refractivity contribution in [3.8, 4) is 0 Å². The van der Waals surface area contributed by atoms with Crippen LogP contribution in [0.2, 0.25) is 0 Å². The Balaban J connectivity index is 1.96. The van der Waals surface area contributed by atoms with Crippen LogP contribution >= 0.6 is 0 Å². The zero-order chi connectivity index (χ0) is 15.1. The molecule has 0 N–H and O–H groups in total. The maximum absolute atomic E-state index is 12.3. The van der Waals surface area contributed by atoms with Crippen LogP contribution in [0.15, 0.2) is 30.3 Å². The highest BCUT2D eigenvalue weighted by atomic mass is 16.1. The highest BCUT2D eigenvalue weighted by molar-refractivity contribution is 5.82. The lowest BCUT2D eigenvalue weighted by molar-refractivity contribution is -0.125. The molecule has 0 radical (unpaired) electrons. The molecule has 116 valence electrons. The molecular weight excluding hydrogens is 256 g/mol. The van der Waals surface area contributed by atoms with Crippen molar-refractivity contribution >= 4 is 5.78 Å². The second kappa shape index (κ2) is 8.36. The van der Waals surface area contributed by atoms with Crippen molar-refractivity contribution in [3.63, 3.8) is 0 Å².